The van der Waals surface area contributed by atoms with E-state index < -0.39 is 0 Å². The van der Waals surface area contributed by atoms with Gasteiger partial charge in [-0.1, -0.05) is 42.0 Å². The summed E-state index contributed by atoms with van der Waals surface area (Å²) in [7, 11) is 1.71. The third-order valence-corrected chi connectivity index (χ3v) is 5.53. The molecule has 1 aliphatic rings. The van der Waals surface area contributed by atoms with Crippen molar-refractivity contribution in [3.63, 3.8) is 0 Å². The van der Waals surface area contributed by atoms with Gasteiger partial charge in [0.2, 0.25) is 5.91 Å². The Kier molecular flexibility index (Phi) is 8.33. The van der Waals surface area contributed by atoms with Gasteiger partial charge >= 0.3 is 0 Å². The van der Waals surface area contributed by atoms with Gasteiger partial charge in [-0.05, 0) is 49.4 Å². The average Bonchev–Trinajstić information content (AvgIpc) is 3.17. The Bertz CT molecular complexity index is 910. The topological polar surface area (TPSA) is 66.0 Å². The number of aliphatic imine (C=N–C) groups is 1. The van der Waals surface area contributed by atoms with Crippen LogP contribution in [-0.4, -0.2) is 43.5 Å². The van der Waals surface area contributed by atoms with Gasteiger partial charge in [0, 0.05) is 32.6 Å². The molecule has 0 atom stereocenters. The number of carbonyl (C=O) groups is 1. The summed E-state index contributed by atoms with van der Waals surface area (Å²) in [6.45, 7) is 7.80. The van der Waals surface area contributed by atoms with E-state index in [-0.39, 0.29) is 5.91 Å². The molecule has 1 aliphatic heterocycles. The van der Waals surface area contributed by atoms with Crippen molar-refractivity contribution in [2.45, 2.75) is 46.2 Å². The lowest BCUT2D eigenvalue weighted by atomic mass is 10.1. The molecule has 0 aliphatic carbocycles. The van der Waals surface area contributed by atoms with Gasteiger partial charge < -0.3 is 20.3 Å². The summed E-state index contributed by atoms with van der Waals surface area (Å²) in [4.78, 5) is 18.7. The molecule has 0 spiro atoms. The van der Waals surface area contributed by atoms with Gasteiger partial charge in [-0.3, -0.25) is 4.79 Å². The fourth-order valence-corrected chi connectivity index (χ4v) is 3.87. The molecule has 1 saturated heterocycles. The molecule has 1 fully saturated rings. The zero-order valence-corrected chi connectivity index (χ0v) is 18.9. The molecular formula is C25H34N4O2. The molecule has 1 heterocycles. The van der Waals surface area contributed by atoms with Crippen molar-refractivity contribution in [3.8, 4) is 5.75 Å². The maximum Gasteiger partial charge on any atom is 0.222 e. The van der Waals surface area contributed by atoms with E-state index in [4.69, 9.17) is 9.73 Å². The summed E-state index contributed by atoms with van der Waals surface area (Å²) in [6.07, 6.45) is 2.48. The second kappa shape index (κ2) is 11.4. The molecule has 0 unspecified atom stereocenters. The Balaban J connectivity index is 1.62. The number of guanidine groups is 1. The van der Waals surface area contributed by atoms with E-state index in [9.17, 15) is 4.79 Å². The van der Waals surface area contributed by atoms with Crippen LogP contribution in [0.15, 0.2) is 47.5 Å². The minimum absolute atomic E-state index is 0.250. The maximum atomic E-state index is 12.0. The molecule has 0 bridgehead atoms. The van der Waals surface area contributed by atoms with Crippen molar-refractivity contribution in [3.05, 3.63) is 64.7 Å². The van der Waals surface area contributed by atoms with Crippen LogP contribution in [-0.2, 0) is 24.3 Å². The van der Waals surface area contributed by atoms with E-state index in [1.165, 1.54) is 16.7 Å². The minimum Gasteiger partial charge on any atom is -0.496 e. The van der Waals surface area contributed by atoms with Gasteiger partial charge in [0.1, 0.15) is 5.75 Å². The molecule has 0 saturated carbocycles. The number of carbonyl (C=O) groups excluding carboxylic acids is 1. The lowest BCUT2D eigenvalue weighted by Crippen LogP contribution is -2.38. The molecule has 0 aromatic heterocycles. The van der Waals surface area contributed by atoms with Gasteiger partial charge in [0.15, 0.2) is 5.96 Å². The van der Waals surface area contributed by atoms with Gasteiger partial charge in [-0.15, -0.1) is 0 Å². The SMILES string of the molecule is CCNC(=NCc1ccccc1CN1CCCC1=O)NCCc1cc(C)ccc1OC. The van der Waals surface area contributed by atoms with Crippen molar-refractivity contribution in [1.82, 2.24) is 15.5 Å². The maximum absolute atomic E-state index is 12.0. The van der Waals surface area contributed by atoms with Crippen molar-refractivity contribution in [2.24, 2.45) is 4.99 Å². The van der Waals surface area contributed by atoms with E-state index in [1.54, 1.807) is 7.11 Å². The van der Waals surface area contributed by atoms with Crippen molar-refractivity contribution < 1.29 is 9.53 Å². The molecule has 31 heavy (non-hydrogen) atoms. The van der Waals surface area contributed by atoms with Crippen LogP contribution < -0.4 is 15.4 Å². The third kappa shape index (κ3) is 6.48. The standard InChI is InChI=1S/C25H34N4O2/c1-4-26-25(27-14-13-20-16-19(2)11-12-23(20)31-3)28-17-21-8-5-6-9-22(21)18-29-15-7-10-24(29)30/h5-6,8-9,11-12,16H,4,7,10,13-15,17-18H2,1-3H3,(H2,26,27,28). The number of hydrogen-bond acceptors (Lipinski definition) is 3. The average molecular weight is 423 g/mol. The predicted octanol–water partition coefficient (Wildman–Crippen LogP) is 3.42. The molecule has 3 rings (SSSR count). The first-order chi connectivity index (χ1) is 15.1. The summed E-state index contributed by atoms with van der Waals surface area (Å²) >= 11 is 0. The Labute approximate surface area is 185 Å². The van der Waals surface area contributed by atoms with Gasteiger partial charge in [0.05, 0.1) is 13.7 Å². The van der Waals surface area contributed by atoms with Crippen LogP contribution in [0.5, 0.6) is 5.75 Å². The Morgan fingerprint density at radius 2 is 1.94 bits per heavy atom. The first-order valence-corrected chi connectivity index (χ1v) is 11.1. The Morgan fingerprint density at radius 1 is 1.13 bits per heavy atom. The number of ether oxygens (including phenoxy) is 1. The summed E-state index contributed by atoms with van der Waals surface area (Å²) in [5, 5.41) is 6.75. The van der Waals surface area contributed by atoms with E-state index in [2.05, 4.69) is 48.7 Å². The van der Waals surface area contributed by atoms with Crippen LogP contribution in [0, 0.1) is 6.92 Å². The summed E-state index contributed by atoms with van der Waals surface area (Å²) in [6, 6.07) is 14.5. The number of benzene rings is 2. The minimum atomic E-state index is 0.250. The zero-order chi connectivity index (χ0) is 22.1. The first-order valence-electron chi connectivity index (χ1n) is 11.1. The summed E-state index contributed by atoms with van der Waals surface area (Å²) in [5.41, 5.74) is 4.73. The molecule has 0 radical (unpaired) electrons. The highest BCUT2D eigenvalue weighted by Crippen LogP contribution is 2.20. The number of amides is 1. The number of nitrogens with zero attached hydrogens (tertiary/aromatic N) is 2. The van der Waals surface area contributed by atoms with E-state index in [0.29, 0.717) is 19.5 Å². The van der Waals surface area contributed by atoms with E-state index in [1.807, 2.05) is 23.1 Å². The van der Waals surface area contributed by atoms with E-state index in [0.717, 1.165) is 49.7 Å². The highest BCUT2D eigenvalue weighted by atomic mass is 16.5. The molecule has 6 nitrogen and oxygen atoms in total. The predicted molar refractivity (Wildman–Crippen MR) is 125 cm³/mol. The first kappa shape index (κ1) is 22.7. The summed E-state index contributed by atoms with van der Waals surface area (Å²) < 4.78 is 5.48. The number of methoxy groups -OCH3 is 1. The molecule has 2 aromatic rings. The molecule has 6 heteroatoms. The van der Waals surface area contributed by atoms with Crippen LogP contribution >= 0.6 is 0 Å². The van der Waals surface area contributed by atoms with Crippen LogP contribution in [0.4, 0.5) is 0 Å². The van der Waals surface area contributed by atoms with Gasteiger partial charge in [-0.25, -0.2) is 4.99 Å². The summed E-state index contributed by atoms with van der Waals surface area (Å²) in [5.74, 6) is 1.96. The lowest BCUT2D eigenvalue weighted by molar-refractivity contribution is -0.128. The highest BCUT2D eigenvalue weighted by molar-refractivity contribution is 5.80. The largest absolute Gasteiger partial charge is 0.496 e. The fraction of sp³-hybridized carbons (Fsp3) is 0.440. The molecular weight excluding hydrogens is 388 g/mol. The van der Waals surface area contributed by atoms with Crippen molar-refractivity contribution in [2.75, 3.05) is 26.7 Å². The Hall–Kier alpha value is -3.02. The lowest BCUT2D eigenvalue weighted by Gasteiger charge is -2.18. The van der Waals surface area contributed by atoms with E-state index >= 15 is 0 Å². The number of hydrogen-bond donors (Lipinski definition) is 2. The van der Waals surface area contributed by atoms with Gasteiger partial charge in [0.25, 0.3) is 0 Å². The number of nitrogens with one attached hydrogen (secondary N) is 2. The monoisotopic (exact) mass is 422 g/mol. The van der Waals surface area contributed by atoms with Crippen LogP contribution in [0.25, 0.3) is 0 Å². The smallest absolute Gasteiger partial charge is 0.222 e. The highest BCUT2D eigenvalue weighted by Gasteiger charge is 2.20. The number of likely N-dealkylation sites (tertiary alicyclic amines) is 1. The molecule has 2 N–H and O–H groups in total. The molecule has 166 valence electrons. The Morgan fingerprint density at radius 3 is 2.65 bits per heavy atom. The zero-order valence-electron chi connectivity index (χ0n) is 18.9. The second-order valence-corrected chi connectivity index (χ2v) is 7.87. The fourth-order valence-electron chi connectivity index (χ4n) is 3.87. The quantitative estimate of drug-likeness (QED) is 0.480. The third-order valence-electron chi connectivity index (χ3n) is 5.53. The number of rotatable bonds is 9. The van der Waals surface area contributed by atoms with Crippen molar-refractivity contribution >= 4 is 11.9 Å². The van der Waals surface area contributed by atoms with Crippen LogP contribution in [0.2, 0.25) is 0 Å². The molecule has 2 aromatic carbocycles. The molecule has 1 amide bonds. The second-order valence-electron chi connectivity index (χ2n) is 7.87. The number of aryl methyl sites for hydroxylation is 1. The van der Waals surface area contributed by atoms with Gasteiger partial charge in [-0.2, -0.15) is 0 Å². The van der Waals surface area contributed by atoms with Crippen LogP contribution in [0.1, 0.15) is 42.0 Å². The van der Waals surface area contributed by atoms with Crippen LogP contribution in [0.3, 0.4) is 0 Å². The van der Waals surface area contributed by atoms with Crippen molar-refractivity contribution in [1.29, 1.82) is 0 Å². The normalized spacial score (nSPS) is 14.1.